The third-order valence-electron chi connectivity index (χ3n) is 3.52. The molecule has 0 aliphatic rings. The topological polar surface area (TPSA) is 115 Å². The van der Waals surface area contributed by atoms with E-state index in [9.17, 15) is 24.1 Å². The summed E-state index contributed by atoms with van der Waals surface area (Å²) >= 11 is 0. The molecule has 0 spiro atoms. The lowest BCUT2D eigenvalue weighted by Crippen LogP contribution is -2.46. The Balaban J connectivity index is 2.01. The Morgan fingerprint density at radius 3 is 2.40 bits per heavy atom. The average molecular weight is 345 g/mol. The molecule has 7 nitrogen and oxygen atoms in total. The summed E-state index contributed by atoms with van der Waals surface area (Å²) in [5.74, 6) is -1.66. The highest BCUT2D eigenvalue weighted by atomic mass is 19.1. The van der Waals surface area contributed by atoms with Gasteiger partial charge in [0.05, 0.1) is 11.3 Å². The molecule has 2 aromatic rings. The van der Waals surface area contributed by atoms with Crippen molar-refractivity contribution in [2.75, 3.05) is 0 Å². The summed E-state index contributed by atoms with van der Waals surface area (Å²) < 4.78 is 13.1. The minimum absolute atomic E-state index is 0.0745. The van der Waals surface area contributed by atoms with Gasteiger partial charge in [0.2, 0.25) is 11.8 Å². The molecule has 0 unspecified atom stereocenters. The highest BCUT2D eigenvalue weighted by Crippen LogP contribution is 2.13. The largest absolute Gasteiger partial charge is 0.368 e. The number of carbonyl (C=O) groups excluding carboxylic acids is 2. The Labute approximate surface area is 142 Å². The predicted octanol–water partition coefficient (Wildman–Crippen LogP) is 1.49. The number of rotatable bonds is 7. The maximum Gasteiger partial charge on any atom is 0.269 e. The molecule has 2 rings (SSSR count). The summed E-state index contributed by atoms with van der Waals surface area (Å²) in [5.41, 5.74) is 6.31. The Morgan fingerprint density at radius 1 is 1.16 bits per heavy atom. The number of nitrogens with one attached hydrogen (secondary N) is 1. The van der Waals surface area contributed by atoms with E-state index in [1.807, 2.05) is 0 Å². The Morgan fingerprint density at radius 2 is 1.84 bits per heavy atom. The number of carbonyl (C=O) groups is 2. The maximum absolute atomic E-state index is 13.1. The van der Waals surface area contributed by atoms with Gasteiger partial charge in [-0.3, -0.25) is 19.7 Å². The van der Waals surface area contributed by atoms with Crippen molar-refractivity contribution in [3.8, 4) is 0 Å². The number of nitro groups is 1. The maximum atomic E-state index is 13.1. The highest BCUT2D eigenvalue weighted by molar-refractivity contribution is 5.87. The molecule has 0 fully saturated rings. The first-order valence-corrected chi connectivity index (χ1v) is 7.41. The number of nitrogens with two attached hydrogens (primary N) is 1. The van der Waals surface area contributed by atoms with E-state index < -0.39 is 28.6 Å². The van der Waals surface area contributed by atoms with Gasteiger partial charge in [-0.2, -0.15) is 0 Å². The number of hydrogen-bond acceptors (Lipinski definition) is 4. The van der Waals surface area contributed by atoms with Crippen molar-refractivity contribution in [2.45, 2.75) is 18.9 Å². The monoisotopic (exact) mass is 345 g/mol. The summed E-state index contributed by atoms with van der Waals surface area (Å²) in [6.45, 7) is 0. The molecule has 0 aliphatic heterocycles. The van der Waals surface area contributed by atoms with E-state index in [4.69, 9.17) is 5.73 Å². The molecular formula is C17H16FN3O4. The first kappa shape index (κ1) is 18.1. The van der Waals surface area contributed by atoms with Gasteiger partial charge in [0.15, 0.2) is 0 Å². The van der Waals surface area contributed by atoms with Crippen molar-refractivity contribution in [3.05, 3.63) is 75.6 Å². The quantitative estimate of drug-likeness (QED) is 0.584. The highest BCUT2D eigenvalue weighted by Gasteiger charge is 2.19. The Bertz CT molecular complexity index is 793. The number of halogens is 1. The molecule has 3 N–H and O–H groups in total. The van der Waals surface area contributed by atoms with Crippen LogP contribution in [0.25, 0.3) is 0 Å². The Hall–Kier alpha value is -3.29. The summed E-state index contributed by atoms with van der Waals surface area (Å²) in [7, 11) is 0. The smallest absolute Gasteiger partial charge is 0.269 e. The zero-order chi connectivity index (χ0) is 18.4. The van der Waals surface area contributed by atoms with Crippen molar-refractivity contribution < 1.29 is 18.9 Å². The van der Waals surface area contributed by atoms with Crippen LogP contribution >= 0.6 is 0 Å². The molecule has 0 saturated carbocycles. The molecule has 0 saturated heterocycles. The number of primary amides is 1. The minimum atomic E-state index is -0.970. The molecular weight excluding hydrogens is 329 g/mol. The summed E-state index contributed by atoms with van der Waals surface area (Å²) in [5, 5.41) is 13.1. The lowest BCUT2D eigenvalue weighted by atomic mass is 10.0. The van der Waals surface area contributed by atoms with Crippen LogP contribution in [0.4, 0.5) is 10.1 Å². The molecule has 130 valence electrons. The number of nitrogens with zero attached hydrogens (tertiary/aromatic N) is 1. The van der Waals surface area contributed by atoms with Crippen molar-refractivity contribution >= 4 is 17.5 Å². The van der Waals surface area contributed by atoms with Crippen LogP contribution in [0.2, 0.25) is 0 Å². The van der Waals surface area contributed by atoms with Gasteiger partial charge in [-0.05, 0) is 23.3 Å². The second-order valence-electron chi connectivity index (χ2n) is 5.46. The molecule has 2 amide bonds. The van der Waals surface area contributed by atoms with Crippen LogP contribution in [0.1, 0.15) is 11.1 Å². The van der Waals surface area contributed by atoms with Crippen molar-refractivity contribution in [2.24, 2.45) is 5.73 Å². The molecule has 0 heterocycles. The van der Waals surface area contributed by atoms with E-state index in [2.05, 4.69) is 5.32 Å². The lowest BCUT2D eigenvalue weighted by Gasteiger charge is -2.15. The second kappa shape index (κ2) is 8.00. The van der Waals surface area contributed by atoms with Crippen LogP contribution in [-0.4, -0.2) is 22.8 Å². The third kappa shape index (κ3) is 5.38. The van der Waals surface area contributed by atoms with Gasteiger partial charge in [0.1, 0.15) is 11.9 Å². The molecule has 0 aromatic heterocycles. The van der Waals surface area contributed by atoms with Gasteiger partial charge in [-0.1, -0.05) is 24.3 Å². The Kier molecular flexibility index (Phi) is 5.78. The van der Waals surface area contributed by atoms with E-state index in [1.54, 1.807) is 6.07 Å². The standard InChI is InChI=1S/C17H16FN3O4/c18-13-3-1-2-12(8-13)10-16(22)20-15(17(19)23)9-11-4-6-14(7-5-11)21(24)25/h1-8,15H,9-10H2,(H2,19,23)(H,20,22)/t15-/m1/s1. The number of amides is 2. The number of benzene rings is 2. The van der Waals surface area contributed by atoms with Crippen LogP contribution in [0.5, 0.6) is 0 Å². The number of non-ortho nitro benzene ring substituents is 1. The first-order chi connectivity index (χ1) is 11.8. The van der Waals surface area contributed by atoms with Crippen LogP contribution < -0.4 is 11.1 Å². The zero-order valence-corrected chi connectivity index (χ0v) is 13.1. The van der Waals surface area contributed by atoms with Gasteiger partial charge in [0.25, 0.3) is 5.69 Å². The fourth-order valence-corrected chi connectivity index (χ4v) is 2.29. The average Bonchev–Trinajstić information content (AvgIpc) is 2.54. The zero-order valence-electron chi connectivity index (χ0n) is 13.1. The van der Waals surface area contributed by atoms with E-state index >= 15 is 0 Å². The van der Waals surface area contributed by atoms with Crippen molar-refractivity contribution in [1.82, 2.24) is 5.32 Å². The van der Waals surface area contributed by atoms with Crippen LogP contribution in [0.15, 0.2) is 48.5 Å². The molecule has 0 bridgehead atoms. The number of nitro benzene ring substituents is 1. The van der Waals surface area contributed by atoms with Gasteiger partial charge in [-0.25, -0.2) is 4.39 Å². The molecule has 25 heavy (non-hydrogen) atoms. The lowest BCUT2D eigenvalue weighted by molar-refractivity contribution is -0.384. The normalized spacial score (nSPS) is 11.6. The second-order valence-corrected chi connectivity index (χ2v) is 5.46. The van der Waals surface area contributed by atoms with E-state index in [1.165, 1.54) is 42.5 Å². The van der Waals surface area contributed by atoms with Crippen LogP contribution in [0, 0.1) is 15.9 Å². The summed E-state index contributed by atoms with van der Waals surface area (Å²) in [6.07, 6.45) is 0.00399. The van der Waals surface area contributed by atoms with Crippen LogP contribution in [0.3, 0.4) is 0 Å². The fourth-order valence-electron chi connectivity index (χ4n) is 2.29. The SMILES string of the molecule is NC(=O)[C@@H](Cc1ccc([N+](=O)[O-])cc1)NC(=O)Cc1cccc(F)c1. The van der Waals surface area contributed by atoms with Crippen molar-refractivity contribution in [1.29, 1.82) is 0 Å². The third-order valence-corrected chi connectivity index (χ3v) is 3.52. The van der Waals surface area contributed by atoms with Crippen LogP contribution in [-0.2, 0) is 22.4 Å². The molecule has 0 aliphatic carbocycles. The molecule has 1 atom stereocenters. The molecule has 2 aromatic carbocycles. The van der Waals surface area contributed by atoms with Gasteiger partial charge in [-0.15, -0.1) is 0 Å². The van der Waals surface area contributed by atoms with E-state index in [0.29, 0.717) is 11.1 Å². The predicted molar refractivity (Wildman–Crippen MR) is 88.0 cm³/mol. The van der Waals surface area contributed by atoms with Crippen molar-refractivity contribution in [3.63, 3.8) is 0 Å². The minimum Gasteiger partial charge on any atom is -0.368 e. The molecule has 8 heteroatoms. The molecule has 0 radical (unpaired) electrons. The fraction of sp³-hybridized carbons (Fsp3) is 0.176. The van der Waals surface area contributed by atoms with Gasteiger partial charge >= 0.3 is 0 Å². The number of hydrogen-bond donors (Lipinski definition) is 2. The van der Waals surface area contributed by atoms with E-state index in [0.717, 1.165) is 0 Å². The first-order valence-electron chi connectivity index (χ1n) is 7.41. The van der Waals surface area contributed by atoms with Gasteiger partial charge < -0.3 is 11.1 Å². The van der Waals surface area contributed by atoms with E-state index in [-0.39, 0.29) is 18.5 Å². The summed E-state index contributed by atoms with van der Waals surface area (Å²) in [6, 6.07) is 10.2. The van der Waals surface area contributed by atoms with Gasteiger partial charge in [0, 0.05) is 18.6 Å². The summed E-state index contributed by atoms with van der Waals surface area (Å²) in [4.78, 5) is 33.7.